The molecule has 0 fully saturated rings. The monoisotopic (exact) mass is 388 g/mol. The number of aryl methyl sites for hydroxylation is 1. The van der Waals surface area contributed by atoms with Crippen LogP contribution in [0.2, 0.25) is 0 Å². The van der Waals surface area contributed by atoms with Crippen LogP contribution >= 0.6 is 0 Å². The number of amides is 1. The van der Waals surface area contributed by atoms with E-state index in [1.807, 2.05) is 31.7 Å². The molecule has 29 heavy (non-hydrogen) atoms. The summed E-state index contributed by atoms with van der Waals surface area (Å²) in [5.41, 5.74) is 6.23. The number of anilines is 1. The lowest BCUT2D eigenvalue weighted by Gasteiger charge is -2.38. The molecule has 148 valence electrons. The summed E-state index contributed by atoms with van der Waals surface area (Å²) in [5, 5.41) is 0. The van der Waals surface area contributed by atoms with Crippen LogP contribution in [0.1, 0.15) is 54.7 Å². The first-order chi connectivity index (χ1) is 13.7. The van der Waals surface area contributed by atoms with Crippen LogP contribution in [0, 0.1) is 6.92 Å². The summed E-state index contributed by atoms with van der Waals surface area (Å²) in [4.78, 5) is 31.7. The number of hydrogen-bond acceptors (Lipinski definition) is 4. The highest BCUT2D eigenvalue weighted by Gasteiger charge is 2.45. The maximum Gasteiger partial charge on any atom is 0.338 e. The molecule has 2 aliphatic rings. The SMILES string of the molecule is CCOC(=O)c1ccc(N=C2C(=O)N3c4c(cc(C)cc42)C(C)=CC3(C)C)cc1. The summed E-state index contributed by atoms with van der Waals surface area (Å²) in [6, 6.07) is 11.0. The smallest absolute Gasteiger partial charge is 0.338 e. The highest BCUT2D eigenvalue weighted by Crippen LogP contribution is 2.46. The lowest BCUT2D eigenvalue weighted by atomic mass is 9.88. The molecule has 0 bridgehead atoms. The van der Waals surface area contributed by atoms with Crippen molar-refractivity contribution in [2.45, 2.75) is 40.2 Å². The summed E-state index contributed by atoms with van der Waals surface area (Å²) in [6.45, 7) is 10.3. The quantitative estimate of drug-likeness (QED) is 0.707. The minimum atomic E-state index is -0.427. The number of benzene rings is 2. The summed E-state index contributed by atoms with van der Waals surface area (Å²) in [7, 11) is 0. The third-order valence-corrected chi connectivity index (χ3v) is 5.33. The minimum Gasteiger partial charge on any atom is -0.462 e. The molecular weight excluding hydrogens is 364 g/mol. The number of carbonyl (C=O) groups excluding carboxylic acids is 2. The van der Waals surface area contributed by atoms with Crippen LogP contribution in [-0.2, 0) is 9.53 Å². The predicted octanol–water partition coefficient (Wildman–Crippen LogP) is 4.83. The van der Waals surface area contributed by atoms with Crippen molar-refractivity contribution in [1.29, 1.82) is 0 Å². The molecule has 0 saturated heterocycles. The van der Waals surface area contributed by atoms with Crippen LogP contribution in [0.15, 0.2) is 47.5 Å². The summed E-state index contributed by atoms with van der Waals surface area (Å²) < 4.78 is 5.02. The van der Waals surface area contributed by atoms with Gasteiger partial charge in [0.1, 0.15) is 5.71 Å². The maximum absolute atomic E-state index is 13.4. The average Bonchev–Trinajstić information content (AvgIpc) is 2.93. The van der Waals surface area contributed by atoms with E-state index < -0.39 is 5.54 Å². The molecule has 0 aliphatic carbocycles. The van der Waals surface area contributed by atoms with Gasteiger partial charge in [-0.25, -0.2) is 9.79 Å². The van der Waals surface area contributed by atoms with Crippen LogP contribution in [0.5, 0.6) is 0 Å². The second-order valence-electron chi connectivity index (χ2n) is 8.06. The van der Waals surface area contributed by atoms with Crippen molar-refractivity contribution in [2.75, 3.05) is 11.5 Å². The lowest BCUT2D eigenvalue weighted by molar-refractivity contribution is -0.112. The van der Waals surface area contributed by atoms with Crippen molar-refractivity contribution in [1.82, 2.24) is 0 Å². The van der Waals surface area contributed by atoms with E-state index >= 15 is 0 Å². The molecule has 0 radical (unpaired) electrons. The molecule has 0 N–H and O–H groups in total. The molecule has 0 atom stereocenters. The Bertz CT molecular complexity index is 1090. The highest BCUT2D eigenvalue weighted by atomic mass is 16.5. The molecule has 2 heterocycles. The Labute approximate surface area is 170 Å². The zero-order valence-electron chi connectivity index (χ0n) is 17.4. The van der Waals surface area contributed by atoms with Gasteiger partial charge in [-0.3, -0.25) is 9.69 Å². The van der Waals surface area contributed by atoms with Crippen molar-refractivity contribution in [3.63, 3.8) is 0 Å². The maximum atomic E-state index is 13.4. The largest absolute Gasteiger partial charge is 0.462 e. The first kappa shape index (κ1) is 19.1. The molecule has 5 heteroatoms. The number of esters is 1. The molecule has 0 unspecified atom stereocenters. The molecule has 2 aliphatic heterocycles. The van der Waals surface area contributed by atoms with Gasteiger partial charge >= 0.3 is 5.97 Å². The van der Waals surface area contributed by atoms with Crippen molar-refractivity contribution < 1.29 is 14.3 Å². The molecule has 0 saturated carbocycles. The molecule has 5 nitrogen and oxygen atoms in total. The van der Waals surface area contributed by atoms with Gasteiger partial charge in [-0.15, -0.1) is 0 Å². The van der Waals surface area contributed by atoms with Gasteiger partial charge < -0.3 is 4.74 Å². The molecule has 2 aromatic rings. The number of hydrogen-bond donors (Lipinski definition) is 0. The number of ether oxygens (including phenoxy) is 1. The summed E-state index contributed by atoms with van der Waals surface area (Å²) in [6.07, 6.45) is 2.13. The molecular formula is C24H24N2O3. The molecule has 1 amide bonds. The van der Waals surface area contributed by atoms with E-state index in [2.05, 4.69) is 24.1 Å². The second-order valence-corrected chi connectivity index (χ2v) is 8.06. The van der Waals surface area contributed by atoms with E-state index in [4.69, 9.17) is 4.74 Å². The third-order valence-electron chi connectivity index (χ3n) is 5.33. The Kier molecular flexibility index (Phi) is 4.41. The van der Waals surface area contributed by atoms with Crippen LogP contribution in [0.25, 0.3) is 5.57 Å². The highest BCUT2D eigenvalue weighted by molar-refractivity contribution is 6.55. The zero-order chi connectivity index (χ0) is 20.9. The lowest BCUT2D eigenvalue weighted by Crippen LogP contribution is -2.47. The van der Waals surface area contributed by atoms with E-state index in [9.17, 15) is 9.59 Å². The van der Waals surface area contributed by atoms with Crippen LogP contribution < -0.4 is 4.90 Å². The van der Waals surface area contributed by atoms with Crippen molar-refractivity contribution in [2.24, 2.45) is 4.99 Å². The van der Waals surface area contributed by atoms with E-state index in [0.717, 1.165) is 22.4 Å². The van der Waals surface area contributed by atoms with Gasteiger partial charge in [-0.05, 0) is 82.2 Å². The Balaban J connectivity index is 1.81. The molecule has 0 spiro atoms. The van der Waals surface area contributed by atoms with E-state index in [-0.39, 0.29) is 11.9 Å². The fourth-order valence-electron chi connectivity index (χ4n) is 4.17. The molecule has 4 rings (SSSR count). The van der Waals surface area contributed by atoms with E-state index in [0.29, 0.717) is 23.6 Å². The number of nitrogens with zero attached hydrogens (tertiary/aromatic N) is 2. The number of carbonyl (C=O) groups is 2. The van der Waals surface area contributed by atoms with Gasteiger partial charge in [0, 0.05) is 11.1 Å². The van der Waals surface area contributed by atoms with Crippen molar-refractivity contribution in [3.05, 3.63) is 64.7 Å². The first-order valence-corrected chi connectivity index (χ1v) is 9.78. The van der Waals surface area contributed by atoms with Crippen molar-refractivity contribution in [3.8, 4) is 0 Å². The van der Waals surface area contributed by atoms with E-state index in [1.165, 1.54) is 5.57 Å². The van der Waals surface area contributed by atoms with Gasteiger partial charge in [-0.1, -0.05) is 6.08 Å². The Morgan fingerprint density at radius 3 is 2.41 bits per heavy atom. The van der Waals surface area contributed by atoms with Crippen LogP contribution in [0.4, 0.5) is 11.4 Å². The third kappa shape index (κ3) is 3.07. The van der Waals surface area contributed by atoms with E-state index in [1.54, 1.807) is 31.2 Å². The van der Waals surface area contributed by atoms with Crippen molar-refractivity contribution >= 4 is 34.5 Å². The number of aliphatic imine (C=N–C) groups is 1. The topological polar surface area (TPSA) is 59.0 Å². The van der Waals surface area contributed by atoms with Gasteiger partial charge in [0.2, 0.25) is 0 Å². The van der Waals surface area contributed by atoms with Crippen LogP contribution in [0.3, 0.4) is 0 Å². The average molecular weight is 388 g/mol. The summed E-state index contributed by atoms with van der Waals surface area (Å²) >= 11 is 0. The fraction of sp³-hybridized carbons (Fsp3) is 0.292. The standard InChI is InChI=1S/C24H24N2O3/c1-6-29-23(28)16-7-9-17(10-8-16)25-20-19-12-14(2)11-18-15(3)13-24(4,5)26(21(18)19)22(20)27/h7-13H,6H2,1-5H3. The number of rotatable bonds is 3. The van der Waals surface area contributed by atoms with Gasteiger partial charge in [-0.2, -0.15) is 0 Å². The molecule has 2 aromatic carbocycles. The predicted molar refractivity (Wildman–Crippen MR) is 115 cm³/mol. The Morgan fingerprint density at radius 2 is 1.76 bits per heavy atom. The first-order valence-electron chi connectivity index (χ1n) is 9.78. The molecule has 0 aromatic heterocycles. The van der Waals surface area contributed by atoms with Gasteiger partial charge in [0.25, 0.3) is 5.91 Å². The normalized spacial score (nSPS) is 18.0. The fourth-order valence-corrected chi connectivity index (χ4v) is 4.17. The minimum absolute atomic E-state index is 0.102. The Hall–Kier alpha value is -3.21. The number of allylic oxidation sites excluding steroid dienone is 1. The van der Waals surface area contributed by atoms with Crippen LogP contribution in [-0.4, -0.2) is 29.7 Å². The Morgan fingerprint density at radius 1 is 1.10 bits per heavy atom. The van der Waals surface area contributed by atoms with Gasteiger partial charge in [0.05, 0.1) is 29.1 Å². The zero-order valence-corrected chi connectivity index (χ0v) is 17.4. The van der Waals surface area contributed by atoms with Gasteiger partial charge in [0.15, 0.2) is 0 Å². The second kappa shape index (κ2) is 6.69. The summed E-state index contributed by atoms with van der Waals surface area (Å²) in [5.74, 6) is -0.468.